The number of hydrogen-bond donors (Lipinski definition) is 1. The molecule has 48 heavy (non-hydrogen) atoms. The van der Waals surface area contributed by atoms with Crippen LogP contribution in [-0.2, 0) is 42.9 Å². The van der Waals surface area contributed by atoms with E-state index < -0.39 is 54.6 Å². The Morgan fingerprint density at radius 1 is 0.521 bits per heavy atom. The van der Waals surface area contributed by atoms with E-state index in [1.807, 2.05) is 0 Å². The molecular formula is C38H68O10. The van der Waals surface area contributed by atoms with Crippen LogP contribution in [0.5, 0.6) is 0 Å². The van der Waals surface area contributed by atoms with E-state index in [2.05, 4.69) is 27.7 Å². The summed E-state index contributed by atoms with van der Waals surface area (Å²) in [4.78, 5) is 51.2. The zero-order valence-corrected chi connectivity index (χ0v) is 30.7. The van der Waals surface area contributed by atoms with Crippen molar-refractivity contribution in [1.29, 1.82) is 0 Å². The SMILES string of the molecule is CCCCCCCC(=O)OC[C@H]1O[C@@](O)(COC(=O)CCCCCCC)[C@@H](OC(=O)CCCCCCC)[C@@H]1OC(=O)CCCCCCC. The van der Waals surface area contributed by atoms with Crippen LogP contribution in [0.2, 0.25) is 0 Å². The molecule has 0 bridgehead atoms. The van der Waals surface area contributed by atoms with Crippen LogP contribution in [0.1, 0.15) is 182 Å². The van der Waals surface area contributed by atoms with Crippen molar-refractivity contribution in [2.45, 2.75) is 206 Å². The molecule has 0 saturated carbocycles. The van der Waals surface area contributed by atoms with Crippen molar-refractivity contribution in [2.75, 3.05) is 13.2 Å². The average molecular weight is 685 g/mol. The highest BCUT2D eigenvalue weighted by Gasteiger charge is 2.60. The van der Waals surface area contributed by atoms with E-state index in [1.54, 1.807) is 0 Å². The van der Waals surface area contributed by atoms with Crippen molar-refractivity contribution in [3.8, 4) is 0 Å². The van der Waals surface area contributed by atoms with Crippen LogP contribution < -0.4 is 0 Å². The molecular weight excluding hydrogens is 616 g/mol. The van der Waals surface area contributed by atoms with Crippen LogP contribution in [0, 0.1) is 0 Å². The van der Waals surface area contributed by atoms with Crippen LogP contribution in [0.25, 0.3) is 0 Å². The minimum absolute atomic E-state index is 0.115. The normalized spacial score (nSPS) is 20.4. The maximum atomic E-state index is 13.0. The quantitative estimate of drug-likeness (QED) is 0.0446. The molecule has 1 heterocycles. The lowest BCUT2D eigenvalue weighted by atomic mass is 10.0. The van der Waals surface area contributed by atoms with Crippen molar-refractivity contribution in [1.82, 2.24) is 0 Å². The Morgan fingerprint density at radius 3 is 1.33 bits per heavy atom. The van der Waals surface area contributed by atoms with Gasteiger partial charge in [-0.1, -0.05) is 130 Å². The van der Waals surface area contributed by atoms with Gasteiger partial charge in [-0.25, -0.2) is 0 Å². The van der Waals surface area contributed by atoms with Gasteiger partial charge in [0.15, 0.2) is 12.2 Å². The molecule has 0 aromatic heterocycles. The van der Waals surface area contributed by atoms with E-state index in [0.29, 0.717) is 25.7 Å². The third-order valence-corrected chi connectivity index (χ3v) is 8.78. The molecule has 1 fully saturated rings. The zero-order valence-electron chi connectivity index (χ0n) is 30.7. The van der Waals surface area contributed by atoms with E-state index in [9.17, 15) is 24.3 Å². The van der Waals surface area contributed by atoms with Crippen molar-refractivity contribution in [2.24, 2.45) is 0 Å². The van der Waals surface area contributed by atoms with Gasteiger partial charge >= 0.3 is 23.9 Å². The Bertz CT molecular complexity index is 878. The zero-order chi connectivity index (χ0) is 35.5. The summed E-state index contributed by atoms with van der Waals surface area (Å²) in [5.74, 6) is -4.34. The Labute approximate surface area is 290 Å². The first-order valence-corrected chi connectivity index (χ1v) is 19.3. The Balaban J connectivity index is 3.07. The summed E-state index contributed by atoms with van der Waals surface area (Å²) in [5, 5.41) is 11.7. The Kier molecular flexibility index (Phi) is 25.2. The predicted molar refractivity (Wildman–Crippen MR) is 185 cm³/mol. The molecule has 1 aliphatic heterocycles. The van der Waals surface area contributed by atoms with Crippen molar-refractivity contribution >= 4 is 23.9 Å². The molecule has 0 aliphatic carbocycles. The molecule has 1 N–H and O–H groups in total. The summed E-state index contributed by atoms with van der Waals surface area (Å²) < 4.78 is 28.5. The molecule has 1 aliphatic rings. The van der Waals surface area contributed by atoms with E-state index in [1.165, 1.54) is 0 Å². The molecule has 1 saturated heterocycles. The van der Waals surface area contributed by atoms with Gasteiger partial charge in [-0.3, -0.25) is 19.2 Å². The number of carbonyl (C=O) groups is 4. The van der Waals surface area contributed by atoms with E-state index >= 15 is 0 Å². The highest BCUT2D eigenvalue weighted by atomic mass is 16.7. The fourth-order valence-corrected chi connectivity index (χ4v) is 5.80. The molecule has 1 rings (SSSR count). The minimum Gasteiger partial charge on any atom is -0.463 e. The standard InChI is InChI=1S/C38H68O10/c1-5-9-13-17-21-25-32(39)44-29-31-36(46-34(41)27-23-19-15-11-7-3)37(47-35(42)28-24-20-16-12-8-4)38(43,48-31)30-45-33(40)26-22-18-14-10-6-2/h31,36-37,43H,5-30H2,1-4H3/t31-,36-,37+,38+/m1/s1. The van der Waals surface area contributed by atoms with Gasteiger partial charge in [0.1, 0.15) is 19.3 Å². The lowest BCUT2D eigenvalue weighted by molar-refractivity contribution is -0.258. The largest absolute Gasteiger partial charge is 0.463 e. The summed E-state index contributed by atoms with van der Waals surface area (Å²) in [7, 11) is 0. The highest BCUT2D eigenvalue weighted by Crippen LogP contribution is 2.35. The van der Waals surface area contributed by atoms with Crippen LogP contribution in [0.4, 0.5) is 0 Å². The first-order chi connectivity index (χ1) is 23.2. The summed E-state index contributed by atoms with van der Waals surface area (Å²) in [5.41, 5.74) is 0. The van der Waals surface area contributed by atoms with Crippen LogP contribution in [0.3, 0.4) is 0 Å². The number of hydrogen-bond acceptors (Lipinski definition) is 10. The second-order valence-electron chi connectivity index (χ2n) is 13.4. The maximum absolute atomic E-state index is 13.0. The Hall–Kier alpha value is -2.20. The molecule has 0 radical (unpaired) electrons. The maximum Gasteiger partial charge on any atom is 0.306 e. The fourth-order valence-electron chi connectivity index (χ4n) is 5.80. The molecule has 0 unspecified atom stereocenters. The minimum atomic E-state index is -2.29. The summed E-state index contributed by atoms with van der Waals surface area (Å²) in [6.07, 6.45) is 15.7. The average Bonchev–Trinajstić information content (AvgIpc) is 3.31. The number of unbranched alkanes of at least 4 members (excludes halogenated alkanes) is 16. The van der Waals surface area contributed by atoms with Crippen LogP contribution in [0.15, 0.2) is 0 Å². The first kappa shape index (κ1) is 43.8. The number of aliphatic hydroxyl groups is 1. The molecule has 0 aromatic carbocycles. The van der Waals surface area contributed by atoms with E-state index in [0.717, 1.165) is 103 Å². The molecule has 0 amide bonds. The van der Waals surface area contributed by atoms with Gasteiger partial charge < -0.3 is 28.8 Å². The van der Waals surface area contributed by atoms with Gasteiger partial charge in [0.25, 0.3) is 0 Å². The first-order valence-electron chi connectivity index (χ1n) is 19.3. The number of carbonyl (C=O) groups excluding carboxylic acids is 4. The van der Waals surface area contributed by atoms with E-state index in [4.69, 9.17) is 23.7 Å². The third kappa shape index (κ3) is 19.7. The van der Waals surface area contributed by atoms with Gasteiger partial charge in [-0.15, -0.1) is 0 Å². The number of rotatable bonds is 30. The summed E-state index contributed by atoms with van der Waals surface area (Å²) in [6, 6.07) is 0. The number of esters is 4. The molecule has 10 nitrogen and oxygen atoms in total. The molecule has 0 spiro atoms. The van der Waals surface area contributed by atoms with Crippen molar-refractivity contribution in [3.05, 3.63) is 0 Å². The number of ether oxygens (including phenoxy) is 5. The van der Waals surface area contributed by atoms with Gasteiger partial charge in [0, 0.05) is 25.7 Å². The van der Waals surface area contributed by atoms with Gasteiger partial charge in [-0.2, -0.15) is 0 Å². The van der Waals surface area contributed by atoms with Gasteiger partial charge in [0.2, 0.25) is 5.79 Å². The van der Waals surface area contributed by atoms with Crippen LogP contribution >= 0.6 is 0 Å². The Morgan fingerprint density at radius 2 is 0.896 bits per heavy atom. The predicted octanol–water partition coefficient (Wildman–Crippen LogP) is 8.43. The highest BCUT2D eigenvalue weighted by molar-refractivity contribution is 5.71. The fraction of sp³-hybridized carbons (Fsp3) is 0.895. The summed E-state index contributed by atoms with van der Waals surface area (Å²) >= 11 is 0. The molecule has 280 valence electrons. The van der Waals surface area contributed by atoms with Crippen molar-refractivity contribution < 1.29 is 48.0 Å². The summed E-state index contributed by atoms with van der Waals surface area (Å²) in [6.45, 7) is 7.53. The van der Waals surface area contributed by atoms with Gasteiger partial charge in [0.05, 0.1) is 0 Å². The smallest absolute Gasteiger partial charge is 0.306 e. The molecule has 0 aromatic rings. The molecule has 4 atom stereocenters. The van der Waals surface area contributed by atoms with Gasteiger partial charge in [-0.05, 0) is 25.7 Å². The topological polar surface area (TPSA) is 135 Å². The lowest BCUT2D eigenvalue weighted by Gasteiger charge is -2.29. The monoisotopic (exact) mass is 684 g/mol. The second-order valence-corrected chi connectivity index (χ2v) is 13.4. The molecule has 10 heteroatoms. The lowest BCUT2D eigenvalue weighted by Crippen LogP contribution is -2.50. The second kappa shape index (κ2) is 27.6. The third-order valence-electron chi connectivity index (χ3n) is 8.78. The van der Waals surface area contributed by atoms with E-state index in [-0.39, 0.29) is 32.3 Å². The van der Waals surface area contributed by atoms with Crippen LogP contribution in [-0.4, -0.2) is 66.3 Å². The van der Waals surface area contributed by atoms with Crippen molar-refractivity contribution in [3.63, 3.8) is 0 Å².